The minimum absolute atomic E-state index is 0.0791. The number of hydrogen-bond donors (Lipinski definition) is 2. The van der Waals surface area contributed by atoms with Crippen molar-refractivity contribution in [2.24, 2.45) is 0 Å². The van der Waals surface area contributed by atoms with Crippen LogP contribution in [0.15, 0.2) is 24.3 Å². The van der Waals surface area contributed by atoms with E-state index in [9.17, 15) is 4.79 Å². The topological polar surface area (TPSA) is 41.1 Å². The second-order valence-electron chi connectivity index (χ2n) is 4.54. The minimum Gasteiger partial charge on any atom is -0.374 e. The van der Waals surface area contributed by atoms with E-state index < -0.39 is 0 Å². The van der Waals surface area contributed by atoms with Gasteiger partial charge in [0.25, 0.3) is 0 Å². The molecule has 1 aliphatic rings. The Bertz CT molecular complexity index is 390. The number of nitrogens with one attached hydrogen (secondary N) is 2. The number of hydrogen-bond acceptors (Lipinski definition) is 2. The maximum atomic E-state index is 11.8. The van der Waals surface area contributed by atoms with Gasteiger partial charge in [-0.1, -0.05) is 19.1 Å². The Morgan fingerprint density at radius 2 is 2.29 bits per heavy atom. The fourth-order valence-electron chi connectivity index (χ4n) is 2.16. The van der Waals surface area contributed by atoms with Gasteiger partial charge in [-0.05, 0) is 43.4 Å². The van der Waals surface area contributed by atoms with Crippen LogP contribution < -0.4 is 10.6 Å². The van der Waals surface area contributed by atoms with E-state index in [0.29, 0.717) is 0 Å². The molecule has 1 unspecified atom stereocenters. The Kier molecular flexibility index (Phi) is 4.02. The first kappa shape index (κ1) is 12.0. The third kappa shape index (κ3) is 3.22. The Balaban J connectivity index is 2.05. The maximum Gasteiger partial charge on any atom is 0.242 e. The lowest BCUT2D eigenvalue weighted by atomic mass is 10.1. The van der Waals surface area contributed by atoms with Crippen molar-refractivity contribution in [3.8, 4) is 0 Å². The van der Waals surface area contributed by atoms with E-state index in [2.05, 4.69) is 29.7 Å². The van der Waals surface area contributed by atoms with Gasteiger partial charge in [0.05, 0.1) is 0 Å². The van der Waals surface area contributed by atoms with Gasteiger partial charge in [-0.15, -0.1) is 0 Å². The summed E-state index contributed by atoms with van der Waals surface area (Å²) in [6, 6.07) is 8.22. The third-order valence-corrected chi connectivity index (χ3v) is 3.21. The van der Waals surface area contributed by atoms with E-state index in [1.165, 1.54) is 5.56 Å². The lowest BCUT2D eigenvalue weighted by Crippen LogP contribution is -2.37. The molecule has 1 fully saturated rings. The second kappa shape index (κ2) is 5.71. The average Bonchev–Trinajstić information content (AvgIpc) is 2.55. The fraction of sp³-hybridized carbons (Fsp3) is 0.500. The van der Waals surface area contributed by atoms with Gasteiger partial charge < -0.3 is 10.6 Å². The summed E-state index contributed by atoms with van der Waals surface area (Å²) >= 11 is 0. The van der Waals surface area contributed by atoms with Gasteiger partial charge in [-0.3, -0.25) is 4.79 Å². The summed E-state index contributed by atoms with van der Waals surface area (Å²) < 4.78 is 0. The molecule has 1 aromatic carbocycles. The number of amides is 1. The van der Waals surface area contributed by atoms with Crippen molar-refractivity contribution in [3.63, 3.8) is 0 Å². The summed E-state index contributed by atoms with van der Waals surface area (Å²) in [5, 5.41) is 6.28. The number of benzene rings is 1. The van der Waals surface area contributed by atoms with E-state index >= 15 is 0 Å². The number of aryl methyl sites for hydroxylation is 1. The van der Waals surface area contributed by atoms with Crippen LogP contribution in [0.4, 0.5) is 5.69 Å². The standard InChI is InChI=1S/C14H20N2O/c1-2-11-6-5-7-12(10-11)16-13-8-3-4-9-15-14(13)17/h5-7,10,13,16H,2-4,8-9H2,1H3,(H,15,17). The predicted octanol–water partition coefficient (Wildman–Crippen LogP) is 2.33. The van der Waals surface area contributed by atoms with Crippen molar-refractivity contribution in [2.75, 3.05) is 11.9 Å². The lowest BCUT2D eigenvalue weighted by molar-refractivity contribution is -0.121. The number of carbonyl (C=O) groups excluding carboxylic acids is 1. The molecule has 2 rings (SSSR count). The van der Waals surface area contributed by atoms with Gasteiger partial charge in [-0.25, -0.2) is 0 Å². The molecule has 2 N–H and O–H groups in total. The van der Waals surface area contributed by atoms with Gasteiger partial charge in [-0.2, -0.15) is 0 Å². The van der Waals surface area contributed by atoms with Gasteiger partial charge in [0.1, 0.15) is 6.04 Å². The first-order valence-electron chi connectivity index (χ1n) is 6.43. The summed E-state index contributed by atoms with van der Waals surface area (Å²) in [6.45, 7) is 2.95. The number of anilines is 1. The maximum absolute atomic E-state index is 11.8. The summed E-state index contributed by atoms with van der Waals surface area (Å²) in [4.78, 5) is 11.8. The van der Waals surface area contributed by atoms with Crippen molar-refractivity contribution >= 4 is 11.6 Å². The normalized spacial score (nSPS) is 20.5. The van der Waals surface area contributed by atoms with Crippen LogP contribution in [0.1, 0.15) is 31.7 Å². The molecule has 1 saturated heterocycles. The zero-order valence-corrected chi connectivity index (χ0v) is 10.3. The molecule has 1 aromatic rings. The van der Waals surface area contributed by atoms with Crippen LogP contribution in [0.5, 0.6) is 0 Å². The zero-order valence-electron chi connectivity index (χ0n) is 10.3. The first-order valence-corrected chi connectivity index (χ1v) is 6.43. The third-order valence-electron chi connectivity index (χ3n) is 3.21. The van der Waals surface area contributed by atoms with Gasteiger partial charge in [0.15, 0.2) is 0 Å². The summed E-state index contributed by atoms with van der Waals surface area (Å²) in [6.07, 6.45) is 4.12. The minimum atomic E-state index is -0.0791. The highest BCUT2D eigenvalue weighted by Crippen LogP contribution is 2.15. The zero-order chi connectivity index (χ0) is 12.1. The van der Waals surface area contributed by atoms with E-state index in [1.807, 2.05) is 12.1 Å². The van der Waals surface area contributed by atoms with Crippen LogP contribution in [0.3, 0.4) is 0 Å². The first-order chi connectivity index (χ1) is 8.29. The Morgan fingerprint density at radius 3 is 3.12 bits per heavy atom. The van der Waals surface area contributed by atoms with Gasteiger partial charge >= 0.3 is 0 Å². The highest BCUT2D eigenvalue weighted by Gasteiger charge is 2.19. The SMILES string of the molecule is CCc1cccc(NC2CCCCNC2=O)c1. The monoisotopic (exact) mass is 232 g/mol. The van der Waals surface area contributed by atoms with Gasteiger partial charge in [0, 0.05) is 12.2 Å². The van der Waals surface area contributed by atoms with Crippen LogP contribution in [0.25, 0.3) is 0 Å². The summed E-state index contributed by atoms with van der Waals surface area (Å²) in [5.74, 6) is 0.129. The van der Waals surface area contributed by atoms with E-state index in [4.69, 9.17) is 0 Å². The number of carbonyl (C=O) groups is 1. The van der Waals surface area contributed by atoms with E-state index in [0.717, 1.165) is 37.9 Å². The fourth-order valence-corrected chi connectivity index (χ4v) is 2.16. The summed E-state index contributed by atoms with van der Waals surface area (Å²) in [7, 11) is 0. The van der Waals surface area contributed by atoms with Crippen LogP contribution in [-0.2, 0) is 11.2 Å². The molecule has 17 heavy (non-hydrogen) atoms. The van der Waals surface area contributed by atoms with Crippen LogP contribution in [0, 0.1) is 0 Å². The quantitative estimate of drug-likeness (QED) is 0.839. The van der Waals surface area contributed by atoms with Crippen molar-refractivity contribution < 1.29 is 4.79 Å². The smallest absolute Gasteiger partial charge is 0.242 e. The largest absolute Gasteiger partial charge is 0.374 e. The Labute approximate surface area is 103 Å². The van der Waals surface area contributed by atoms with Gasteiger partial charge in [0.2, 0.25) is 5.91 Å². The Morgan fingerprint density at radius 1 is 1.41 bits per heavy atom. The van der Waals surface area contributed by atoms with Crippen LogP contribution >= 0.6 is 0 Å². The lowest BCUT2D eigenvalue weighted by Gasteiger charge is -2.17. The van der Waals surface area contributed by atoms with Crippen molar-refractivity contribution in [2.45, 2.75) is 38.6 Å². The Hall–Kier alpha value is -1.51. The molecule has 0 saturated carbocycles. The molecule has 1 amide bonds. The van der Waals surface area contributed by atoms with Crippen molar-refractivity contribution in [3.05, 3.63) is 29.8 Å². The molecule has 0 radical (unpaired) electrons. The van der Waals surface area contributed by atoms with E-state index in [-0.39, 0.29) is 11.9 Å². The predicted molar refractivity (Wildman–Crippen MR) is 70.1 cm³/mol. The number of rotatable bonds is 3. The molecular formula is C14H20N2O. The molecule has 0 spiro atoms. The molecule has 0 bridgehead atoms. The molecule has 3 heteroatoms. The molecule has 0 aliphatic carbocycles. The molecule has 1 heterocycles. The average molecular weight is 232 g/mol. The second-order valence-corrected chi connectivity index (χ2v) is 4.54. The molecule has 92 valence electrons. The highest BCUT2D eigenvalue weighted by atomic mass is 16.2. The highest BCUT2D eigenvalue weighted by molar-refractivity contribution is 5.84. The molecular weight excluding hydrogens is 212 g/mol. The molecule has 3 nitrogen and oxygen atoms in total. The molecule has 1 atom stereocenters. The van der Waals surface area contributed by atoms with Crippen LogP contribution in [-0.4, -0.2) is 18.5 Å². The van der Waals surface area contributed by atoms with E-state index in [1.54, 1.807) is 0 Å². The van der Waals surface area contributed by atoms with Crippen molar-refractivity contribution in [1.82, 2.24) is 5.32 Å². The van der Waals surface area contributed by atoms with Crippen molar-refractivity contribution in [1.29, 1.82) is 0 Å². The summed E-state index contributed by atoms with van der Waals surface area (Å²) in [5.41, 5.74) is 2.34. The van der Waals surface area contributed by atoms with Crippen LogP contribution in [0.2, 0.25) is 0 Å². The molecule has 1 aliphatic heterocycles. The molecule has 0 aromatic heterocycles.